The van der Waals surface area contributed by atoms with Gasteiger partial charge in [0.1, 0.15) is 5.01 Å². The number of carbonyl (C=O) groups excluding carboxylic acids is 1. The van der Waals surface area contributed by atoms with Crippen LogP contribution < -0.4 is 5.32 Å². The highest BCUT2D eigenvalue weighted by Crippen LogP contribution is 2.34. The number of benzene rings is 1. The lowest BCUT2D eigenvalue weighted by molar-refractivity contribution is -0.152. The molecule has 104 valence electrons. The van der Waals surface area contributed by atoms with Gasteiger partial charge >= 0.3 is 5.97 Å². The average Bonchev–Trinajstić information content (AvgIpc) is 2.77. The third-order valence-electron chi connectivity index (χ3n) is 3.68. The van der Waals surface area contributed by atoms with Crippen LogP contribution in [0.15, 0.2) is 24.3 Å². The fourth-order valence-corrected chi connectivity index (χ4v) is 3.31. The molecule has 2 N–H and O–H groups in total. The maximum absolute atomic E-state index is 11.9. The van der Waals surface area contributed by atoms with Crippen LogP contribution >= 0.6 is 11.3 Å². The van der Waals surface area contributed by atoms with Gasteiger partial charge in [0.25, 0.3) is 0 Å². The first kappa shape index (κ1) is 13.1. The summed E-state index contributed by atoms with van der Waals surface area (Å²) in [4.78, 5) is 27.3. The van der Waals surface area contributed by atoms with Crippen molar-refractivity contribution >= 4 is 33.4 Å². The molecule has 1 aromatic carbocycles. The smallest absolute Gasteiger partial charge is 0.307 e. The Hall–Kier alpha value is -1.95. The first-order valence-electron chi connectivity index (χ1n) is 6.50. The quantitative estimate of drug-likeness (QED) is 0.903. The predicted octanol–water partition coefficient (Wildman–Crippen LogP) is 2.02. The molecule has 0 bridgehead atoms. The largest absolute Gasteiger partial charge is 0.481 e. The summed E-state index contributed by atoms with van der Waals surface area (Å²) in [7, 11) is 0. The highest BCUT2D eigenvalue weighted by molar-refractivity contribution is 7.18. The molecule has 0 aliphatic heterocycles. The number of amides is 1. The second-order valence-corrected chi connectivity index (χ2v) is 6.04. The van der Waals surface area contributed by atoms with E-state index < -0.39 is 11.9 Å². The van der Waals surface area contributed by atoms with E-state index in [0.717, 1.165) is 15.2 Å². The lowest BCUT2D eigenvalue weighted by Crippen LogP contribution is -2.43. The molecule has 1 amide bonds. The molecule has 1 aliphatic rings. The normalized spacial score (nSPS) is 21.4. The molecule has 3 rings (SSSR count). The van der Waals surface area contributed by atoms with Crippen molar-refractivity contribution in [3.8, 4) is 0 Å². The van der Waals surface area contributed by atoms with Crippen LogP contribution in [0.4, 0.5) is 0 Å². The first-order chi connectivity index (χ1) is 9.65. The molecule has 1 aliphatic carbocycles. The number of hydrogen-bond acceptors (Lipinski definition) is 4. The van der Waals surface area contributed by atoms with Crippen molar-refractivity contribution in [2.45, 2.75) is 19.4 Å². The van der Waals surface area contributed by atoms with Gasteiger partial charge in [-0.2, -0.15) is 0 Å². The van der Waals surface area contributed by atoms with Crippen LogP contribution in [0.1, 0.15) is 17.8 Å². The third kappa shape index (κ3) is 2.38. The van der Waals surface area contributed by atoms with Crippen molar-refractivity contribution in [2.24, 2.45) is 11.8 Å². The average molecular weight is 290 g/mol. The third-order valence-corrected chi connectivity index (χ3v) is 4.72. The number of aliphatic carboxylic acids is 1. The standard InChI is InChI=1S/C14H14N2O3S/c17-13(8-5-6-9(8)14(18)19)15-7-12-16-10-3-1-2-4-11(10)20-12/h1-4,8-9H,5-7H2,(H,15,17)(H,18,19). The van der Waals surface area contributed by atoms with Gasteiger partial charge in [-0.05, 0) is 25.0 Å². The highest BCUT2D eigenvalue weighted by Gasteiger charge is 2.41. The number of nitrogens with zero attached hydrogens (tertiary/aromatic N) is 1. The zero-order valence-electron chi connectivity index (χ0n) is 10.7. The molecule has 0 saturated heterocycles. The van der Waals surface area contributed by atoms with Crippen molar-refractivity contribution < 1.29 is 14.7 Å². The summed E-state index contributed by atoms with van der Waals surface area (Å²) in [5.74, 6) is -1.97. The van der Waals surface area contributed by atoms with Crippen LogP contribution in [0.5, 0.6) is 0 Å². The van der Waals surface area contributed by atoms with Gasteiger partial charge in [-0.25, -0.2) is 4.98 Å². The Morgan fingerprint density at radius 1 is 1.30 bits per heavy atom. The van der Waals surface area contributed by atoms with E-state index in [2.05, 4.69) is 10.3 Å². The summed E-state index contributed by atoms with van der Waals surface area (Å²) in [5, 5.41) is 12.6. The molecule has 6 heteroatoms. The van der Waals surface area contributed by atoms with Crippen molar-refractivity contribution in [3.05, 3.63) is 29.3 Å². The molecule has 1 fully saturated rings. The molecule has 1 aromatic heterocycles. The highest BCUT2D eigenvalue weighted by atomic mass is 32.1. The fourth-order valence-electron chi connectivity index (χ4n) is 2.40. The van der Waals surface area contributed by atoms with E-state index >= 15 is 0 Å². The van der Waals surface area contributed by atoms with Gasteiger partial charge in [0.15, 0.2) is 0 Å². The number of aromatic nitrogens is 1. The summed E-state index contributed by atoms with van der Waals surface area (Å²) in [6, 6.07) is 7.80. The number of carboxylic acids is 1. The first-order valence-corrected chi connectivity index (χ1v) is 7.32. The maximum Gasteiger partial charge on any atom is 0.307 e. The number of fused-ring (bicyclic) bond motifs is 1. The van der Waals surface area contributed by atoms with Gasteiger partial charge in [-0.15, -0.1) is 11.3 Å². The molecular formula is C14H14N2O3S. The monoisotopic (exact) mass is 290 g/mol. The number of nitrogens with one attached hydrogen (secondary N) is 1. The number of carboxylic acid groups (broad SMARTS) is 1. The molecule has 2 atom stereocenters. The minimum atomic E-state index is -0.878. The Morgan fingerprint density at radius 2 is 2.05 bits per heavy atom. The zero-order valence-corrected chi connectivity index (χ0v) is 11.5. The van der Waals surface area contributed by atoms with E-state index in [9.17, 15) is 9.59 Å². The molecule has 0 spiro atoms. The predicted molar refractivity (Wildman–Crippen MR) is 75.3 cm³/mol. The zero-order chi connectivity index (χ0) is 14.1. The van der Waals surface area contributed by atoms with Crippen LogP contribution in [0.25, 0.3) is 10.2 Å². The molecule has 20 heavy (non-hydrogen) atoms. The SMILES string of the molecule is O=C(O)C1CCC1C(=O)NCc1nc2ccccc2s1. The van der Waals surface area contributed by atoms with Crippen LogP contribution in [0.2, 0.25) is 0 Å². The minimum Gasteiger partial charge on any atom is -0.481 e. The van der Waals surface area contributed by atoms with Crippen molar-refractivity contribution in [3.63, 3.8) is 0 Å². The summed E-state index contributed by atoms with van der Waals surface area (Å²) >= 11 is 1.54. The van der Waals surface area contributed by atoms with E-state index in [1.807, 2.05) is 24.3 Å². The van der Waals surface area contributed by atoms with E-state index in [0.29, 0.717) is 19.4 Å². The number of hydrogen-bond donors (Lipinski definition) is 2. The van der Waals surface area contributed by atoms with Crippen molar-refractivity contribution in [2.75, 3.05) is 0 Å². The summed E-state index contributed by atoms with van der Waals surface area (Å²) in [6.07, 6.45) is 1.25. The van der Waals surface area contributed by atoms with Crippen LogP contribution in [0, 0.1) is 11.8 Å². The molecule has 2 aromatic rings. The van der Waals surface area contributed by atoms with Gasteiger partial charge in [-0.3, -0.25) is 9.59 Å². The second-order valence-electron chi connectivity index (χ2n) is 4.92. The van der Waals surface area contributed by atoms with Gasteiger partial charge in [0, 0.05) is 0 Å². The number of para-hydroxylation sites is 1. The van der Waals surface area contributed by atoms with Gasteiger partial charge in [0.2, 0.25) is 5.91 Å². The summed E-state index contributed by atoms with van der Waals surface area (Å²) in [6.45, 7) is 0.362. The van der Waals surface area contributed by atoms with Gasteiger partial charge < -0.3 is 10.4 Å². The molecule has 1 heterocycles. The van der Waals surface area contributed by atoms with Crippen LogP contribution in [-0.4, -0.2) is 22.0 Å². The Labute approximate surface area is 119 Å². The van der Waals surface area contributed by atoms with E-state index in [1.165, 1.54) is 0 Å². The van der Waals surface area contributed by atoms with Crippen molar-refractivity contribution in [1.29, 1.82) is 0 Å². The number of rotatable bonds is 4. The summed E-state index contributed by atoms with van der Waals surface area (Å²) in [5.41, 5.74) is 0.925. The van der Waals surface area contributed by atoms with Crippen LogP contribution in [0.3, 0.4) is 0 Å². The van der Waals surface area contributed by atoms with Crippen molar-refractivity contribution in [1.82, 2.24) is 10.3 Å². The Kier molecular flexibility index (Phi) is 3.40. The summed E-state index contributed by atoms with van der Waals surface area (Å²) < 4.78 is 1.09. The minimum absolute atomic E-state index is 0.178. The second kappa shape index (κ2) is 5.20. The lowest BCUT2D eigenvalue weighted by atomic mass is 9.73. The Morgan fingerprint density at radius 3 is 2.70 bits per heavy atom. The Balaban J connectivity index is 1.61. The van der Waals surface area contributed by atoms with Crippen LogP contribution in [-0.2, 0) is 16.1 Å². The van der Waals surface area contributed by atoms with Gasteiger partial charge in [-0.1, -0.05) is 12.1 Å². The molecule has 1 saturated carbocycles. The fraction of sp³-hybridized carbons (Fsp3) is 0.357. The maximum atomic E-state index is 11.9. The number of thiazole rings is 1. The van der Waals surface area contributed by atoms with E-state index in [1.54, 1.807) is 11.3 Å². The molecular weight excluding hydrogens is 276 g/mol. The topological polar surface area (TPSA) is 79.3 Å². The lowest BCUT2D eigenvalue weighted by Gasteiger charge is -2.31. The van der Waals surface area contributed by atoms with Gasteiger partial charge in [0.05, 0.1) is 28.6 Å². The molecule has 5 nitrogen and oxygen atoms in total. The Bertz CT molecular complexity index is 634. The molecule has 2 unspecified atom stereocenters. The van der Waals surface area contributed by atoms with E-state index in [-0.39, 0.29) is 11.8 Å². The van der Waals surface area contributed by atoms with E-state index in [4.69, 9.17) is 5.11 Å². The number of carbonyl (C=O) groups is 2. The molecule has 0 radical (unpaired) electrons.